The molecule has 1 atom stereocenters. The van der Waals surface area contributed by atoms with Crippen LogP contribution in [-0.2, 0) is 6.42 Å². The molecule has 20 heavy (non-hydrogen) atoms. The maximum atomic E-state index is 12.2. The Labute approximate surface area is 127 Å². The van der Waals surface area contributed by atoms with E-state index in [-0.39, 0.29) is 11.9 Å². The molecule has 2 aromatic rings. The first-order chi connectivity index (χ1) is 9.56. The van der Waals surface area contributed by atoms with Crippen LogP contribution in [0.1, 0.15) is 35.0 Å². The van der Waals surface area contributed by atoms with E-state index in [1.54, 1.807) is 6.26 Å². The van der Waals surface area contributed by atoms with Crippen LogP contribution in [0.5, 0.6) is 0 Å². The number of furan rings is 1. The number of hydrogen-bond donors (Lipinski definition) is 1. The molecule has 1 aromatic heterocycles. The van der Waals surface area contributed by atoms with Crippen molar-refractivity contribution < 1.29 is 9.21 Å². The summed E-state index contributed by atoms with van der Waals surface area (Å²) in [4.78, 5) is 12.2. The van der Waals surface area contributed by atoms with Crippen molar-refractivity contribution in [3.8, 4) is 0 Å². The van der Waals surface area contributed by atoms with Gasteiger partial charge in [-0.25, -0.2) is 0 Å². The first-order valence-electron chi connectivity index (χ1n) is 6.65. The Hall–Kier alpha value is -1.55. The minimum absolute atomic E-state index is 0.0520. The van der Waals surface area contributed by atoms with Crippen LogP contribution in [0.25, 0.3) is 0 Å². The second-order valence-corrected chi connectivity index (χ2v) is 5.83. The SMILES string of the molecule is Cc1ccc(C(=O)NC(C)CCc2ccco2)c(Br)c1. The summed E-state index contributed by atoms with van der Waals surface area (Å²) < 4.78 is 6.11. The lowest BCUT2D eigenvalue weighted by atomic mass is 10.1. The molecule has 0 spiro atoms. The van der Waals surface area contributed by atoms with Gasteiger partial charge in [-0.05, 0) is 66.0 Å². The van der Waals surface area contributed by atoms with Gasteiger partial charge in [-0.15, -0.1) is 0 Å². The quantitative estimate of drug-likeness (QED) is 0.893. The van der Waals surface area contributed by atoms with Gasteiger partial charge in [-0.2, -0.15) is 0 Å². The van der Waals surface area contributed by atoms with Gasteiger partial charge in [-0.3, -0.25) is 4.79 Å². The molecule has 1 amide bonds. The molecule has 0 fully saturated rings. The second-order valence-electron chi connectivity index (χ2n) is 4.98. The van der Waals surface area contributed by atoms with E-state index in [1.807, 2.05) is 44.2 Å². The largest absolute Gasteiger partial charge is 0.469 e. The smallest absolute Gasteiger partial charge is 0.252 e. The Morgan fingerprint density at radius 3 is 2.85 bits per heavy atom. The van der Waals surface area contributed by atoms with Crippen molar-refractivity contribution in [3.05, 3.63) is 58.0 Å². The molecule has 1 aromatic carbocycles. The zero-order chi connectivity index (χ0) is 14.5. The number of nitrogens with one attached hydrogen (secondary N) is 1. The second kappa shape index (κ2) is 6.75. The molecule has 0 aliphatic heterocycles. The van der Waals surface area contributed by atoms with E-state index in [2.05, 4.69) is 21.2 Å². The minimum atomic E-state index is -0.0520. The maximum Gasteiger partial charge on any atom is 0.252 e. The molecule has 0 aliphatic carbocycles. The van der Waals surface area contributed by atoms with Gasteiger partial charge in [0.05, 0.1) is 11.8 Å². The van der Waals surface area contributed by atoms with Gasteiger partial charge in [0.25, 0.3) is 5.91 Å². The molecule has 0 saturated carbocycles. The van der Waals surface area contributed by atoms with Crippen LogP contribution in [0.15, 0.2) is 45.5 Å². The van der Waals surface area contributed by atoms with Crippen LogP contribution >= 0.6 is 15.9 Å². The molecule has 2 rings (SSSR count). The lowest BCUT2D eigenvalue weighted by Crippen LogP contribution is -2.33. The molecule has 1 unspecified atom stereocenters. The van der Waals surface area contributed by atoms with Crippen molar-refractivity contribution in [2.45, 2.75) is 32.7 Å². The van der Waals surface area contributed by atoms with E-state index in [4.69, 9.17) is 4.42 Å². The monoisotopic (exact) mass is 335 g/mol. The van der Waals surface area contributed by atoms with Gasteiger partial charge in [0.2, 0.25) is 0 Å². The van der Waals surface area contributed by atoms with Gasteiger partial charge in [0, 0.05) is 16.9 Å². The third-order valence-electron chi connectivity index (χ3n) is 3.15. The predicted molar refractivity (Wildman–Crippen MR) is 82.8 cm³/mol. The summed E-state index contributed by atoms with van der Waals surface area (Å²) in [5.74, 6) is 0.895. The minimum Gasteiger partial charge on any atom is -0.469 e. The zero-order valence-corrected chi connectivity index (χ0v) is 13.2. The van der Waals surface area contributed by atoms with E-state index in [1.165, 1.54) is 0 Å². The predicted octanol–water partition coefficient (Wildman–Crippen LogP) is 4.10. The van der Waals surface area contributed by atoms with Crippen molar-refractivity contribution >= 4 is 21.8 Å². The maximum absolute atomic E-state index is 12.2. The Bertz CT molecular complexity index is 578. The molecule has 0 radical (unpaired) electrons. The van der Waals surface area contributed by atoms with Crippen LogP contribution in [0, 0.1) is 6.92 Å². The number of carbonyl (C=O) groups is 1. The third kappa shape index (κ3) is 3.97. The van der Waals surface area contributed by atoms with Gasteiger partial charge >= 0.3 is 0 Å². The fourth-order valence-electron chi connectivity index (χ4n) is 1.99. The summed E-state index contributed by atoms with van der Waals surface area (Å²) >= 11 is 3.43. The number of amides is 1. The number of halogens is 1. The average molecular weight is 336 g/mol. The highest BCUT2D eigenvalue weighted by molar-refractivity contribution is 9.10. The highest BCUT2D eigenvalue weighted by atomic mass is 79.9. The van der Waals surface area contributed by atoms with Crippen LogP contribution in [0.3, 0.4) is 0 Å². The Balaban J connectivity index is 1.90. The fourth-order valence-corrected chi connectivity index (χ4v) is 2.66. The number of rotatable bonds is 5. The number of hydrogen-bond acceptors (Lipinski definition) is 2. The molecule has 0 bridgehead atoms. The molecule has 106 valence electrons. The molecular weight excluding hydrogens is 318 g/mol. The summed E-state index contributed by atoms with van der Waals surface area (Å²) in [5, 5.41) is 3.01. The lowest BCUT2D eigenvalue weighted by molar-refractivity contribution is 0.0937. The van der Waals surface area contributed by atoms with E-state index in [0.29, 0.717) is 5.56 Å². The first kappa shape index (κ1) is 14.9. The van der Waals surface area contributed by atoms with Crippen LogP contribution in [-0.4, -0.2) is 11.9 Å². The Kier molecular flexibility index (Phi) is 5.01. The molecular formula is C16H18BrNO2. The molecule has 1 N–H and O–H groups in total. The van der Waals surface area contributed by atoms with Crippen LogP contribution in [0.4, 0.5) is 0 Å². The van der Waals surface area contributed by atoms with Crippen LogP contribution in [0.2, 0.25) is 0 Å². The Morgan fingerprint density at radius 2 is 2.20 bits per heavy atom. The fraction of sp³-hybridized carbons (Fsp3) is 0.312. The normalized spacial score (nSPS) is 12.2. The van der Waals surface area contributed by atoms with Crippen molar-refractivity contribution in [2.24, 2.45) is 0 Å². The van der Waals surface area contributed by atoms with Crippen molar-refractivity contribution in [2.75, 3.05) is 0 Å². The van der Waals surface area contributed by atoms with Gasteiger partial charge in [-0.1, -0.05) is 6.07 Å². The lowest BCUT2D eigenvalue weighted by Gasteiger charge is -2.14. The number of aryl methyl sites for hydroxylation is 2. The molecule has 1 heterocycles. The van der Waals surface area contributed by atoms with Crippen LogP contribution < -0.4 is 5.32 Å². The highest BCUT2D eigenvalue weighted by Crippen LogP contribution is 2.18. The molecule has 0 saturated heterocycles. The van der Waals surface area contributed by atoms with Crippen molar-refractivity contribution in [1.29, 1.82) is 0 Å². The van der Waals surface area contributed by atoms with Crippen molar-refractivity contribution in [3.63, 3.8) is 0 Å². The van der Waals surface area contributed by atoms with E-state index < -0.39 is 0 Å². The van der Waals surface area contributed by atoms with Gasteiger partial charge in [0.15, 0.2) is 0 Å². The average Bonchev–Trinajstić information content (AvgIpc) is 2.89. The van der Waals surface area contributed by atoms with Gasteiger partial charge < -0.3 is 9.73 Å². The number of benzene rings is 1. The molecule has 0 aliphatic rings. The molecule has 4 heteroatoms. The molecule has 3 nitrogen and oxygen atoms in total. The zero-order valence-electron chi connectivity index (χ0n) is 11.7. The van der Waals surface area contributed by atoms with E-state index in [9.17, 15) is 4.79 Å². The summed E-state index contributed by atoms with van der Waals surface area (Å²) in [6.45, 7) is 4.00. The third-order valence-corrected chi connectivity index (χ3v) is 3.81. The summed E-state index contributed by atoms with van der Waals surface area (Å²) in [6, 6.07) is 9.65. The van der Waals surface area contributed by atoms with Crippen molar-refractivity contribution in [1.82, 2.24) is 5.32 Å². The highest BCUT2D eigenvalue weighted by Gasteiger charge is 2.13. The number of carbonyl (C=O) groups excluding carboxylic acids is 1. The first-order valence-corrected chi connectivity index (χ1v) is 7.45. The topological polar surface area (TPSA) is 42.2 Å². The summed E-state index contributed by atoms with van der Waals surface area (Å²) in [5.41, 5.74) is 1.79. The Morgan fingerprint density at radius 1 is 1.40 bits per heavy atom. The standard InChI is InChI=1S/C16H18BrNO2/c1-11-5-8-14(15(17)10-11)16(19)18-12(2)6-7-13-4-3-9-20-13/h3-5,8-10,12H,6-7H2,1-2H3,(H,18,19). The van der Waals surface area contributed by atoms with Gasteiger partial charge in [0.1, 0.15) is 5.76 Å². The van der Waals surface area contributed by atoms with E-state index >= 15 is 0 Å². The van der Waals surface area contributed by atoms with E-state index in [0.717, 1.165) is 28.6 Å². The summed E-state index contributed by atoms with van der Waals surface area (Å²) in [7, 11) is 0. The summed E-state index contributed by atoms with van der Waals surface area (Å²) in [6.07, 6.45) is 3.34.